The van der Waals surface area contributed by atoms with Gasteiger partial charge in [-0.05, 0) is 62.1 Å². The van der Waals surface area contributed by atoms with Crippen LogP contribution in [-0.4, -0.2) is 44.0 Å². The molecule has 1 saturated heterocycles. The summed E-state index contributed by atoms with van der Waals surface area (Å²) in [6.07, 6.45) is 2.54. The monoisotopic (exact) mass is 415 g/mol. The van der Waals surface area contributed by atoms with Crippen LogP contribution in [0.25, 0.3) is 0 Å². The number of sulfonamides is 1. The topological polar surface area (TPSA) is 88.1 Å². The zero-order valence-corrected chi connectivity index (χ0v) is 17.4. The van der Waals surface area contributed by atoms with E-state index in [1.54, 1.807) is 25.3 Å². The third-order valence-electron chi connectivity index (χ3n) is 4.79. The van der Waals surface area contributed by atoms with Gasteiger partial charge in [-0.15, -0.1) is 0 Å². The van der Waals surface area contributed by atoms with E-state index in [9.17, 15) is 13.2 Å². The molecular formula is C21H25N3O4S. The van der Waals surface area contributed by atoms with E-state index in [-0.39, 0.29) is 10.8 Å². The molecule has 1 atom stereocenters. The molecule has 0 aliphatic carbocycles. The summed E-state index contributed by atoms with van der Waals surface area (Å²) in [4.78, 5) is 17.7. The molecule has 0 bridgehead atoms. The molecule has 8 heteroatoms. The third-order valence-corrected chi connectivity index (χ3v) is 6.71. The number of aryl methyl sites for hydroxylation is 1. The van der Waals surface area contributed by atoms with E-state index in [2.05, 4.69) is 10.5 Å². The molecule has 154 valence electrons. The molecule has 1 fully saturated rings. The van der Waals surface area contributed by atoms with Gasteiger partial charge in [-0.1, -0.05) is 29.4 Å². The van der Waals surface area contributed by atoms with Crippen LogP contribution in [0, 0.1) is 6.92 Å². The van der Waals surface area contributed by atoms with Gasteiger partial charge in [0.1, 0.15) is 0 Å². The minimum Gasteiger partial charge on any atom is -0.383 e. The number of amides is 1. The second-order valence-corrected chi connectivity index (χ2v) is 8.90. The average molecular weight is 416 g/mol. The largest absolute Gasteiger partial charge is 0.383 e. The van der Waals surface area contributed by atoms with E-state index in [4.69, 9.17) is 4.84 Å². The Morgan fingerprint density at radius 2 is 1.79 bits per heavy atom. The molecular weight excluding hydrogens is 390 g/mol. The molecule has 1 aliphatic rings. The van der Waals surface area contributed by atoms with Crippen molar-refractivity contribution in [1.29, 1.82) is 0 Å². The Balaban J connectivity index is 1.56. The van der Waals surface area contributed by atoms with Crippen LogP contribution in [0.15, 0.2) is 58.6 Å². The van der Waals surface area contributed by atoms with E-state index >= 15 is 0 Å². The van der Waals surface area contributed by atoms with Gasteiger partial charge in [0, 0.05) is 18.8 Å². The lowest BCUT2D eigenvalue weighted by Gasteiger charge is -2.16. The van der Waals surface area contributed by atoms with E-state index in [0.717, 1.165) is 24.0 Å². The Kier molecular flexibility index (Phi) is 6.66. The van der Waals surface area contributed by atoms with Crippen LogP contribution in [0.1, 0.15) is 30.9 Å². The van der Waals surface area contributed by atoms with Crippen LogP contribution in [0.2, 0.25) is 0 Å². The predicted molar refractivity (Wildman–Crippen MR) is 112 cm³/mol. The predicted octanol–water partition coefficient (Wildman–Crippen LogP) is 3.16. The number of hydrogen-bond acceptors (Lipinski definition) is 5. The van der Waals surface area contributed by atoms with Crippen molar-refractivity contribution in [2.75, 3.05) is 18.4 Å². The highest BCUT2D eigenvalue weighted by molar-refractivity contribution is 7.89. The van der Waals surface area contributed by atoms with E-state index in [1.165, 1.54) is 16.4 Å². The summed E-state index contributed by atoms with van der Waals surface area (Å²) in [6.45, 7) is 4.67. The fourth-order valence-corrected chi connectivity index (χ4v) is 4.51. The molecule has 7 nitrogen and oxygen atoms in total. The lowest BCUT2D eigenvalue weighted by molar-refractivity contribution is -0.126. The summed E-state index contributed by atoms with van der Waals surface area (Å²) >= 11 is 0. The van der Waals surface area contributed by atoms with Gasteiger partial charge in [0.05, 0.1) is 11.1 Å². The Bertz CT molecular complexity index is 981. The Morgan fingerprint density at radius 1 is 1.14 bits per heavy atom. The number of benzene rings is 2. The molecule has 0 saturated carbocycles. The second-order valence-electron chi connectivity index (χ2n) is 6.96. The Hall–Kier alpha value is -2.71. The standard InChI is InChI=1S/C21H25N3O4S/c1-16-7-3-4-8-18(16)15-22-28-17(2)21(25)23-19-9-11-20(12-10-19)29(26,27)24-13-5-6-14-24/h3-4,7-12,15,17H,5-6,13-14H2,1-2H3,(H,23,25)/b22-15+. The van der Waals surface area contributed by atoms with Crippen LogP contribution >= 0.6 is 0 Å². The molecule has 0 aromatic heterocycles. The maximum Gasteiger partial charge on any atom is 0.267 e. The maximum atomic E-state index is 12.5. The number of carbonyl (C=O) groups is 1. The van der Waals surface area contributed by atoms with E-state index < -0.39 is 16.1 Å². The molecule has 2 aromatic rings. The van der Waals surface area contributed by atoms with Crippen molar-refractivity contribution in [3.63, 3.8) is 0 Å². The van der Waals surface area contributed by atoms with E-state index in [1.807, 2.05) is 31.2 Å². The summed E-state index contributed by atoms with van der Waals surface area (Å²) in [5.41, 5.74) is 2.46. The first-order chi connectivity index (χ1) is 13.9. The summed E-state index contributed by atoms with van der Waals surface area (Å²) in [7, 11) is -3.47. The first-order valence-electron chi connectivity index (χ1n) is 9.54. The normalized spacial score (nSPS) is 16.1. The SMILES string of the molecule is Cc1ccccc1/C=N/OC(C)C(=O)Nc1ccc(S(=O)(=O)N2CCCC2)cc1. The fraction of sp³-hybridized carbons (Fsp3) is 0.333. The average Bonchev–Trinajstić information content (AvgIpc) is 3.25. The van der Waals surface area contributed by atoms with Crippen molar-refractivity contribution >= 4 is 27.8 Å². The lowest BCUT2D eigenvalue weighted by atomic mass is 10.1. The summed E-state index contributed by atoms with van der Waals surface area (Å²) in [5, 5.41) is 6.59. The summed E-state index contributed by atoms with van der Waals surface area (Å²) in [5.74, 6) is -0.373. The van der Waals surface area contributed by atoms with Crippen molar-refractivity contribution in [3.8, 4) is 0 Å². The number of nitrogens with zero attached hydrogens (tertiary/aromatic N) is 2. The highest BCUT2D eigenvalue weighted by Crippen LogP contribution is 2.22. The van der Waals surface area contributed by atoms with Crippen molar-refractivity contribution in [2.24, 2.45) is 5.16 Å². The molecule has 0 spiro atoms. The smallest absolute Gasteiger partial charge is 0.267 e. The number of nitrogens with one attached hydrogen (secondary N) is 1. The number of oxime groups is 1. The fourth-order valence-electron chi connectivity index (χ4n) is 2.99. The van der Waals surface area contributed by atoms with E-state index in [0.29, 0.717) is 18.8 Å². The van der Waals surface area contributed by atoms with Crippen molar-refractivity contribution in [1.82, 2.24) is 4.31 Å². The number of hydrogen-bond donors (Lipinski definition) is 1. The van der Waals surface area contributed by atoms with Gasteiger partial charge in [-0.25, -0.2) is 8.42 Å². The van der Waals surface area contributed by atoms with Gasteiger partial charge in [0.25, 0.3) is 5.91 Å². The molecule has 1 heterocycles. The van der Waals surface area contributed by atoms with Crippen LogP contribution in [-0.2, 0) is 19.7 Å². The first kappa shape index (κ1) is 21.0. The zero-order valence-electron chi connectivity index (χ0n) is 16.5. The van der Waals surface area contributed by atoms with Crippen molar-refractivity contribution < 1.29 is 18.0 Å². The van der Waals surface area contributed by atoms with Crippen LogP contribution in [0.4, 0.5) is 5.69 Å². The molecule has 1 amide bonds. The van der Waals surface area contributed by atoms with Gasteiger partial charge < -0.3 is 10.2 Å². The quantitative estimate of drug-likeness (QED) is 0.556. The van der Waals surface area contributed by atoms with Gasteiger partial charge in [0.15, 0.2) is 0 Å². The molecule has 29 heavy (non-hydrogen) atoms. The molecule has 3 rings (SSSR count). The molecule has 1 aliphatic heterocycles. The molecule has 2 aromatic carbocycles. The minimum absolute atomic E-state index is 0.226. The summed E-state index contributed by atoms with van der Waals surface area (Å²) in [6, 6.07) is 13.9. The second kappa shape index (κ2) is 9.19. The maximum absolute atomic E-state index is 12.5. The Labute approximate surface area is 171 Å². The van der Waals surface area contributed by atoms with Gasteiger partial charge in [0.2, 0.25) is 16.1 Å². The molecule has 1 N–H and O–H groups in total. The minimum atomic E-state index is -3.47. The van der Waals surface area contributed by atoms with Crippen molar-refractivity contribution in [2.45, 2.75) is 37.7 Å². The van der Waals surface area contributed by atoms with Gasteiger partial charge in [-0.3, -0.25) is 4.79 Å². The van der Waals surface area contributed by atoms with Crippen LogP contribution < -0.4 is 5.32 Å². The molecule has 0 radical (unpaired) electrons. The number of rotatable bonds is 7. The van der Waals surface area contributed by atoms with Gasteiger partial charge >= 0.3 is 0 Å². The first-order valence-corrected chi connectivity index (χ1v) is 11.0. The Morgan fingerprint density at radius 3 is 2.45 bits per heavy atom. The summed E-state index contributed by atoms with van der Waals surface area (Å²) < 4.78 is 26.6. The molecule has 1 unspecified atom stereocenters. The highest BCUT2D eigenvalue weighted by Gasteiger charge is 2.27. The number of anilines is 1. The lowest BCUT2D eigenvalue weighted by Crippen LogP contribution is -2.28. The van der Waals surface area contributed by atoms with Crippen molar-refractivity contribution in [3.05, 3.63) is 59.7 Å². The third kappa shape index (κ3) is 5.21. The zero-order chi connectivity index (χ0) is 20.9. The van der Waals surface area contributed by atoms with Crippen LogP contribution in [0.5, 0.6) is 0 Å². The van der Waals surface area contributed by atoms with Crippen LogP contribution in [0.3, 0.4) is 0 Å². The van der Waals surface area contributed by atoms with Gasteiger partial charge in [-0.2, -0.15) is 4.31 Å². The number of carbonyl (C=O) groups excluding carboxylic acids is 1. The highest BCUT2D eigenvalue weighted by atomic mass is 32.2.